The quantitative estimate of drug-likeness (QED) is 0.135. The molecule has 14 nitrogen and oxygen atoms in total. The highest BCUT2D eigenvalue weighted by Gasteiger charge is 2.24. The zero-order chi connectivity index (χ0) is 36.2. The third kappa shape index (κ3) is 9.06. The molecule has 0 heterocycles. The Morgan fingerprint density at radius 2 is 0.700 bits per heavy atom. The molecule has 0 saturated heterocycles. The molecule has 18 heteroatoms. The second-order valence-electron chi connectivity index (χ2n) is 11.0. The highest BCUT2D eigenvalue weighted by molar-refractivity contribution is 7.87. The Morgan fingerprint density at radius 1 is 0.420 bits per heavy atom. The largest absolute Gasteiger partial charge is 0.379 e. The molecule has 264 valence electrons. The van der Waals surface area contributed by atoms with Crippen molar-refractivity contribution in [3.05, 3.63) is 108 Å². The van der Waals surface area contributed by atoms with Gasteiger partial charge in [-0.05, 0) is 112 Å². The van der Waals surface area contributed by atoms with E-state index in [4.69, 9.17) is 16.9 Å². The van der Waals surface area contributed by atoms with Crippen molar-refractivity contribution < 1.29 is 50.6 Å². The van der Waals surface area contributed by atoms with Gasteiger partial charge < -0.3 is 8.37 Å². The molecule has 4 aromatic rings. The smallest absolute Gasteiger partial charge is 0.358 e. The van der Waals surface area contributed by atoms with Gasteiger partial charge in [0.25, 0.3) is 0 Å². The third-order valence-electron chi connectivity index (χ3n) is 7.16. The van der Waals surface area contributed by atoms with Crippen molar-refractivity contribution in [3.63, 3.8) is 0 Å². The molecule has 0 unspecified atom stereocenters. The molecule has 50 heavy (non-hydrogen) atoms. The molecule has 0 aliphatic heterocycles. The number of hydrogen-bond acceptors (Lipinski definition) is 14. The lowest BCUT2D eigenvalue weighted by Gasteiger charge is -2.14. The van der Waals surface area contributed by atoms with Gasteiger partial charge in [0.15, 0.2) is 0 Å². The van der Waals surface area contributed by atoms with E-state index in [9.17, 15) is 33.7 Å². The summed E-state index contributed by atoms with van der Waals surface area (Å²) in [4.78, 5) is -0.853. The molecule has 0 bridgehead atoms. The van der Waals surface area contributed by atoms with Crippen LogP contribution in [0.1, 0.15) is 36.8 Å². The van der Waals surface area contributed by atoms with E-state index < -0.39 is 40.5 Å². The summed E-state index contributed by atoms with van der Waals surface area (Å²) in [5.41, 5.74) is 1.81. The van der Waals surface area contributed by atoms with Crippen LogP contribution >= 0.6 is 0 Å². The maximum atomic E-state index is 12.8. The van der Waals surface area contributed by atoms with Crippen LogP contribution in [0.5, 0.6) is 11.5 Å². The molecule has 4 aromatic carbocycles. The van der Waals surface area contributed by atoms with Gasteiger partial charge in [-0.25, -0.2) is 0 Å². The van der Waals surface area contributed by atoms with Gasteiger partial charge in [-0.3, -0.25) is 8.57 Å². The van der Waals surface area contributed by atoms with Crippen molar-refractivity contribution in [1.82, 2.24) is 0 Å². The molecule has 1 fully saturated rings. The Bertz CT molecular complexity index is 2190. The maximum absolute atomic E-state index is 12.8. The van der Waals surface area contributed by atoms with E-state index in [1.807, 2.05) is 0 Å². The standard InChI is InChI=1S/C32H30N2O12S4/c1-23-7-15-27(16-8-23)47(35,36)43-25-11-19-29(20-12-25)49(39,40)45-33-31-5-3-4-6-32(31)34-46-50(41,42)30-21-13-26(14-22-30)44-48(37,38)28-17-9-24(2)10-18-28/h7-22H,3-6H2,1-2H3. The number of rotatable bonds is 12. The van der Waals surface area contributed by atoms with Gasteiger partial charge in [0.05, 0.1) is 0 Å². The minimum atomic E-state index is -4.49. The lowest BCUT2D eigenvalue weighted by Crippen LogP contribution is -2.21. The van der Waals surface area contributed by atoms with Gasteiger partial charge in [-0.2, -0.15) is 33.7 Å². The lowest BCUT2D eigenvalue weighted by molar-refractivity contribution is 0.331. The molecular formula is C32H30N2O12S4. The summed E-state index contributed by atoms with van der Waals surface area (Å²) in [6.07, 6.45) is 1.59. The molecule has 0 aromatic heterocycles. The second-order valence-corrected chi connectivity index (χ2v) is 17.1. The van der Waals surface area contributed by atoms with Crippen molar-refractivity contribution in [2.24, 2.45) is 10.3 Å². The molecule has 5 rings (SSSR count). The van der Waals surface area contributed by atoms with Crippen molar-refractivity contribution in [2.45, 2.75) is 59.1 Å². The van der Waals surface area contributed by atoms with E-state index in [0.29, 0.717) is 12.8 Å². The maximum Gasteiger partial charge on any atom is 0.358 e. The molecule has 0 N–H and O–H groups in total. The van der Waals surface area contributed by atoms with Crippen molar-refractivity contribution in [3.8, 4) is 11.5 Å². The first-order valence-corrected chi connectivity index (χ1v) is 20.4. The molecule has 1 aliphatic carbocycles. The van der Waals surface area contributed by atoms with E-state index in [0.717, 1.165) is 59.7 Å². The monoisotopic (exact) mass is 762 g/mol. The second kappa shape index (κ2) is 14.6. The first-order chi connectivity index (χ1) is 23.5. The third-order valence-corrected chi connectivity index (χ3v) is 11.9. The zero-order valence-corrected chi connectivity index (χ0v) is 29.8. The Hall–Kier alpha value is -4.78. The van der Waals surface area contributed by atoms with Gasteiger partial charge in [0.2, 0.25) is 0 Å². The molecule has 0 radical (unpaired) electrons. The summed E-state index contributed by atoms with van der Waals surface area (Å²) in [6, 6.07) is 20.9. The Kier molecular flexibility index (Phi) is 10.7. The molecule has 0 spiro atoms. The highest BCUT2D eigenvalue weighted by Crippen LogP contribution is 2.25. The zero-order valence-electron chi connectivity index (χ0n) is 26.5. The summed E-state index contributed by atoms with van der Waals surface area (Å²) in [5, 5.41) is 7.43. The van der Waals surface area contributed by atoms with Crippen LogP contribution in [0.2, 0.25) is 0 Å². The average Bonchev–Trinajstić information content (AvgIpc) is 3.07. The van der Waals surface area contributed by atoms with E-state index in [1.165, 1.54) is 24.3 Å². The molecule has 0 amide bonds. The minimum Gasteiger partial charge on any atom is -0.379 e. The van der Waals surface area contributed by atoms with Crippen LogP contribution in [0.3, 0.4) is 0 Å². The van der Waals surface area contributed by atoms with Crippen LogP contribution in [0.15, 0.2) is 127 Å². The van der Waals surface area contributed by atoms with E-state index in [1.54, 1.807) is 38.1 Å². The van der Waals surface area contributed by atoms with Gasteiger partial charge in [0, 0.05) is 0 Å². The fourth-order valence-corrected chi connectivity index (χ4v) is 7.77. The van der Waals surface area contributed by atoms with Crippen LogP contribution in [-0.2, 0) is 49.0 Å². The van der Waals surface area contributed by atoms with E-state index >= 15 is 0 Å². The summed E-state index contributed by atoms with van der Waals surface area (Å²) in [7, 11) is -17.3. The van der Waals surface area contributed by atoms with Crippen molar-refractivity contribution in [1.29, 1.82) is 0 Å². The van der Waals surface area contributed by atoms with Gasteiger partial charge in [-0.1, -0.05) is 45.7 Å². The van der Waals surface area contributed by atoms with Gasteiger partial charge in [-0.15, -0.1) is 0 Å². The van der Waals surface area contributed by atoms with Crippen molar-refractivity contribution >= 4 is 51.9 Å². The fourth-order valence-electron chi connectivity index (χ4n) is 4.43. The SMILES string of the molecule is Cc1ccc(S(=O)(=O)Oc2ccc(S(=O)(=O)ON=C3CCCCC3=NOS(=O)(=O)c3ccc(OS(=O)(=O)c4ccc(C)cc4)cc3)cc2)cc1. The number of nitrogens with zero attached hydrogens (tertiary/aromatic N) is 2. The van der Waals surface area contributed by atoms with Crippen LogP contribution in [0.25, 0.3) is 0 Å². The summed E-state index contributed by atoms with van der Waals surface area (Å²) in [5.74, 6) is -0.268. The number of benzene rings is 4. The molecule has 0 atom stereocenters. The summed E-state index contributed by atoms with van der Waals surface area (Å²) < 4.78 is 121. The summed E-state index contributed by atoms with van der Waals surface area (Å²) in [6.45, 7) is 3.60. The van der Waals surface area contributed by atoms with Crippen LogP contribution in [0.4, 0.5) is 0 Å². The van der Waals surface area contributed by atoms with Crippen LogP contribution in [0, 0.1) is 13.8 Å². The fraction of sp³-hybridized carbons (Fsp3) is 0.188. The Balaban J connectivity index is 1.24. The summed E-state index contributed by atoms with van der Waals surface area (Å²) >= 11 is 0. The minimum absolute atomic E-state index is 0.0456. The number of oxime groups is 2. The molecular weight excluding hydrogens is 733 g/mol. The van der Waals surface area contributed by atoms with Crippen LogP contribution in [-0.4, -0.2) is 45.1 Å². The first kappa shape index (κ1) is 36.5. The van der Waals surface area contributed by atoms with Gasteiger partial charge in [0.1, 0.15) is 42.5 Å². The Morgan fingerprint density at radius 3 is 1.02 bits per heavy atom. The molecule has 1 saturated carbocycles. The Labute approximate surface area is 290 Å². The highest BCUT2D eigenvalue weighted by atomic mass is 32.2. The first-order valence-electron chi connectivity index (χ1n) is 14.8. The van der Waals surface area contributed by atoms with E-state index in [2.05, 4.69) is 10.3 Å². The number of hydrogen-bond donors (Lipinski definition) is 0. The van der Waals surface area contributed by atoms with Gasteiger partial charge >= 0.3 is 40.5 Å². The predicted molar refractivity (Wildman–Crippen MR) is 181 cm³/mol. The normalized spacial score (nSPS) is 15.8. The lowest BCUT2D eigenvalue weighted by atomic mass is 9.97. The number of aryl methyl sites for hydroxylation is 2. The van der Waals surface area contributed by atoms with Crippen molar-refractivity contribution in [2.75, 3.05) is 0 Å². The average molecular weight is 763 g/mol. The molecule has 1 aliphatic rings. The van der Waals surface area contributed by atoms with E-state index in [-0.39, 0.29) is 55.3 Å². The van der Waals surface area contributed by atoms with Crippen LogP contribution < -0.4 is 8.37 Å². The topological polar surface area (TPSA) is 198 Å². The predicted octanol–water partition coefficient (Wildman–Crippen LogP) is 5.24.